The first-order valence-corrected chi connectivity index (χ1v) is 7.28. The average Bonchev–Trinajstić information content (AvgIpc) is 2.71. The van der Waals surface area contributed by atoms with E-state index >= 15 is 0 Å². The number of alkyl halides is 2. The van der Waals surface area contributed by atoms with Crippen molar-refractivity contribution in [1.82, 2.24) is 0 Å². The zero-order valence-electron chi connectivity index (χ0n) is 11.6. The second kappa shape index (κ2) is 6.40. The number of carbonyl (C=O) groups is 2. The van der Waals surface area contributed by atoms with Gasteiger partial charge in [-0.1, -0.05) is 0 Å². The summed E-state index contributed by atoms with van der Waals surface area (Å²) in [7, 11) is -5.98. The molecule has 1 atom stereocenters. The van der Waals surface area contributed by atoms with E-state index in [2.05, 4.69) is 9.47 Å². The van der Waals surface area contributed by atoms with Crippen LogP contribution in [0, 0.1) is 0 Å². The topological polar surface area (TPSA) is 125 Å². The molecule has 1 rings (SSSR count). The van der Waals surface area contributed by atoms with E-state index in [4.69, 9.17) is 14.0 Å². The maximum absolute atomic E-state index is 12.8. The smallest absolute Gasteiger partial charge is 0.460 e. The Kier molecular flexibility index (Phi) is 5.43. The predicted molar refractivity (Wildman–Crippen MR) is 63.3 cm³/mol. The van der Waals surface area contributed by atoms with Gasteiger partial charge in [-0.25, -0.2) is 9.59 Å². The first-order chi connectivity index (χ1) is 9.85. The second-order valence-electron chi connectivity index (χ2n) is 4.70. The monoisotopic (exact) mass is 348 g/mol. The van der Waals surface area contributed by atoms with E-state index < -0.39 is 45.8 Å². The van der Waals surface area contributed by atoms with E-state index in [1.54, 1.807) is 13.8 Å². The summed E-state index contributed by atoms with van der Waals surface area (Å²) >= 11 is 0. The minimum atomic E-state index is -5.98. The number of hydrogen-bond acceptors (Lipinski definition) is 8. The van der Waals surface area contributed by atoms with Gasteiger partial charge in [0.1, 0.15) is 12.7 Å². The molecule has 0 bridgehead atoms. The van der Waals surface area contributed by atoms with Crippen LogP contribution >= 0.6 is 0 Å². The Bertz CT molecular complexity index is 543. The second-order valence-corrected chi connectivity index (χ2v) is 6.16. The van der Waals surface area contributed by atoms with Crippen LogP contribution in [0.1, 0.15) is 13.8 Å². The molecule has 128 valence electrons. The Morgan fingerprint density at radius 3 is 2.41 bits per heavy atom. The van der Waals surface area contributed by atoms with E-state index in [0.29, 0.717) is 0 Å². The molecular weight excluding hydrogens is 334 g/mol. The number of ether oxygens (including phenoxy) is 4. The van der Waals surface area contributed by atoms with Crippen LogP contribution < -0.4 is 0 Å². The Balaban J connectivity index is 2.37. The quantitative estimate of drug-likeness (QED) is 0.509. The molecule has 0 aromatic rings. The highest BCUT2D eigenvalue weighted by Crippen LogP contribution is 2.23. The molecule has 1 unspecified atom stereocenters. The van der Waals surface area contributed by atoms with Crippen LogP contribution in [0.4, 0.5) is 8.78 Å². The van der Waals surface area contributed by atoms with Crippen molar-refractivity contribution >= 4 is 22.1 Å². The van der Waals surface area contributed by atoms with Crippen molar-refractivity contribution in [2.75, 3.05) is 19.8 Å². The van der Waals surface area contributed by atoms with Gasteiger partial charge in [-0.3, -0.25) is 4.55 Å². The number of hydrogen-bond donors (Lipinski definition) is 1. The van der Waals surface area contributed by atoms with Gasteiger partial charge in [-0.2, -0.15) is 17.2 Å². The molecule has 0 radical (unpaired) electrons. The van der Waals surface area contributed by atoms with Crippen molar-refractivity contribution in [3.05, 3.63) is 0 Å². The Hall–Kier alpha value is -1.37. The Labute approximate surface area is 124 Å². The van der Waals surface area contributed by atoms with Crippen LogP contribution in [0.25, 0.3) is 0 Å². The molecule has 1 saturated heterocycles. The summed E-state index contributed by atoms with van der Waals surface area (Å²) in [6.45, 7) is 1.89. The maximum atomic E-state index is 12.8. The molecule has 22 heavy (non-hydrogen) atoms. The largest absolute Gasteiger partial charge is 0.465 e. The molecule has 12 heteroatoms. The van der Waals surface area contributed by atoms with E-state index in [1.807, 2.05) is 0 Å². The number of halogens is 2. The van der Waals surface area contributed by atoms with Crippen molar-refractivity contribution in [1.29, 1.82) is 0 Å². The van der Waals surface area contributed by atoms with Crippen molar-refractivity contribution in [2.24, 2.45) is 0 Å². The molecule has 1 aliphatic heterocycles. The third-order valence-corrected chi connectivity index (χ3v) is 3.19. The Morgan fingerprint density at radius 1 is 1.36 bits per heavy atom. The lowest BCUT2D eigenvalue weighted by molar-refractivity contribution is -0.172. The highest BCUT2D eigenvalue weighted by molar-refractivity contribution is 7.87. The summed E-state index contributed by atoms with van der Waals surface area (Å²) in [5.74, 6) is -4.64. The predicted octanol–water partition coefficient (Wildman–Crippen LogP) is -0.295. The van der Waals surface area contributed by atoms with Gasteiger partial charge in [-0.05, 0) is 13.8 Å². The van der Waals surface area contributed by atoms with Crippen LogP contribution in [0.2, 0.25) is 0 Å². The number of carbonyl (C=O) groups excluding carboxylic acids is 2. The van der Waals surface area contributed by atoms with Gasteiger partial charge in [0, 0.05) is 0 Å². The SMILES string of the molecule is CC1(C)OCC(COC(=O)COC(=O)C(F)(F)S(=O)(=O)O)O1. The van der Waals surface area contributed by atoms with Gasteiger partial charge in [0.05, 0.1) is 6.61 Å². The van der Waals surface area contributed by atoms with Crippen LogP contribution in [-0.2, 0) is 38.7 Å². The highest BCUT2D eigenvalue weighted by atomic mass is 32.2. The van der Waals surface area contributed by atoms with Gasteiger partial charge >= 0.3 is 27.3 Å². The van der Waals surface area contributed by atoms with Crippen LogP contribution in [-0.4, -0.2) is 61.9 Å². The van der Waals surface area contributed by atoms with E-state index in [0.717, 1.165) is 0 Å². The molecule has 0 spiro atoms. The van der Waals surface area contributed by atoms with Crippen molar-refractivity contribution in [3.63, 3.8) is 0 Å². The highest BCUT2D eigenvalue weighted by Gasteiger charge is 2.54. The molecule has 0 aromatic heterocycles. The lowest BCUT2D eigenvalue weighted by atomic mass is 10.4. The van der Waals surface area contributed by atoms with Crippen LogP contribution in [0.5, 0.6) is 0 Å². The molecule has 1 aliphatic rings. The standard InChI is InChI=1S/C10H14F2O9S/c1-9(2)20-4-6(21-9)3-18-7(13)5-19-8(14)10(11,12)22(15,16)17/h6H,3-5H2,1-2H3,(H,15,16,17). The van der Waals surface area contributed by atoms with Crippen LogP contribution in [0.3, 0.4) is 0 Å². The van der Waals surface area contributed by atoms with Crippen molar-refractivity contribution < 1.29 is 50.3 Å². The fourth-order valence-corrected chi connectivity index (χ4v) is 1.66. The van der Waals surface area contributed by atoms with Gasteiger partial charge in [0.25, 0.3) is 0 Å². The van der Waals surface area contributed by atoms with E-state index in [1.165, 1.54) is 0 Å². The summed E-state index contributed by atoms with van der Waals surface area (Å²) < 4.78 is 73.1. The molecule has 0 amide bonds. The summed E-state index contributed by atoms with van der Waals surface area (Å²) in [6, 6.07) is 0. The van der Waals surface area contributed by atoms with Gasteiger partial charge in [0.15, 0.2) is 12.4 Å². The van der Waals surface area contributed by atoms with Crippen molar-refractivity contribution in [2.45, 2.75) is 31.0 Å². The molecule has 0 aromatic carbocycles. The molecule has 1 N–H and O–H groups in total. The maximum Gasteiger partial charge on any atom is 0.465 e. The van der Waals surface area contributed by atoms with Gasteiger partial charge < -0.3 is 18.9 Å². The summed E-state index contributed by atoms with van der Waals surface area (Å²) in [4.78, 5) is 22.0. The Morgan fingerprint density at radius 2 is 1.95 bits per heavy atom. The van der Waals surface area contributed by atoms with Crippen molar-refractivity contribution in [3.8, 4) is 0 Å². The fourth-order valence-electron chi connectivity index (χ4n) is 1.39. The summed E-state index contributed by atoms with van der Waals surface area (Å²) in [6.07, 6.45) is -0.575. The van der Waals surface area contributed by atoms with Crippen LogP contribution in [0.15, 0.2) is 0 Å². The van der Waals surface area contributed by atoms with Gasteiger partial charge in [-0.15, -0.1) is 0 Å². The first-order valence-electron chi connectivity index (χ1n) is 5.84. The van der Waals surface area contributed by atoms with E-state index in [-0.39, 0.29) is 13.2 Å². The van der Waals surface area contributed by atoms with E-state index in [9.17, 15) is 26.8 Å². The molecule has 9 nitrogen and oxygen atoms in total. The third-order valence-electron chi connectivity index (χ3n) is 2.38. The first kappa shape index (κ1) is 18.7. The normalized spacial score (nSPS) is 21.4. The number of rotatable bonds is 6. The third kappa shape index (κ3) is 4.83. The average molecular weight is 348 g/mol. The lowest BCUT2D eigenvalue weighted by Gasteiger charge is -2.17. The number of esters is 2. The fraction of sp³-hybridized carbons (Fsp3) is 0.800. The van der Waals surface area contributed by atoms with Gasteiger partial charge in [0.2, 0.25) is 0 Å². The summed E-state index contributed by atoms with van der Waals surface area (Å²) in [5.41, 5.74) is 0. The zero-order valence-corrected chi connectivity index (χ0v) is 12.4. The molecular formula is C10H14F2O9S. The molecule has 1 fully saturated rings. The minimum absolute atomic E-state index is 0.140. The zero-order chi connectivity index (χ0) is 17.2. The lowest BCUT2D eigenvalue weighted by Crippen LogP contribution is -2.40. The molecule has 0 saturated carbocycles. The molecule has 1 heterocycles. The molecule has 0 aliphatic carbocycles. The summed E-state index contributed by atoms with van der Waals surface area (Å²) in [5, 5.41) is -5.17. The minimum Gasteiger partial charge on any atom is -0.460 e.